The van der Waals surface area contributed by atoms with Crippen LogP contribution >= 0.6 is 7.82 Å². The topological polar surface area (TPSA) is 291 Å². The Hall–Kier alpha value is -1.61. The second kappa shape index (κ2) is 21.8. The molecule has 0 aromatic heterocycles. The Morgan fingerprint density at radius 2 is 1.66 bits per heavy atom. The van der Waals surface area contributed by atoms with Crippen LogP contribution in [0.3, 0.4) is 0 Å². The predicted octanol–water partition coefficient (Wildman–Crippen LogP) is -0.429. The molecule has 11 atom stereocenters. The van der Waals surface area contributed by atoms with Gasteiger partial charge in [-0.3, -0.25) is 9.32 Å². The molecule has 0 aliphatic carbocycles. The molecular formula is C31H56NO17P. The summed E-state index contributed by atoms with van der Waals surface area (Å²) in [4.78, 5) is 44.5. The van der Waals surface area contributed by atoms with Crippen molar-refractivity contribution in [1.82, 2.24) is 5.32 Å². The number of carboxylic acids is 1. The van der Waals surface area contributed by atoms with Crippen LogP contribution in [0.15, 0.2) is 12.7 Å². The van der Waals surface area contributed by atoms with Gasteiger partial charge in [0.2, 0.25) is 5.91 Å². The Morgan fingerprint density at radius 3 is 2.22 bits per heavy atom. The van der Waals surface area contributed by atoms with E-state index >= 15 is 0 Å². The molecule has 2 heterocycles. The van der Waals surface area contributed by atoms with Gasteiger partial charge in [0, 0.05) is 6.42 Å². The second-order valence-electron chi connectivity index (χ2n) is 12.7. The molecule has 0 spiro atoms. The first-order chi connectivity index (χ1) is 23.6. The van der Waals surface area contributed by atoms with Gasteiger partial charge in [0.05, 0.1) is 38.4 Å². The number of ether oxygens (including phenoxy) is 4. The smallest absolute Gasteiger partial charge is 0.470 e. The van der Waals surface area contributed by atoms with Gasteiger partial charge in [0.15, 0.2) is 6.29 Å². The number of hydrogen-bond donors (Lipinski definition) is 10. The molecule has 292 valence electrons. The lowest BCUT2D eigenvalue weighted by Crippen LogP contribution is -2.66. The molecule has 19 heteroatoms. The lowest BCUT2D eigenvalue weighted by atomic mass is 9.92. The minimum Gasteiger partial charge on any atom is -0.477 e. The van der Waals surface area contributed by atoms with Gasteiger partial charge >= 0.3 is 13.8 Å². The van der Waals surface area contributed by atoms with Crippen LogP contribution < -0.4 is 5.32 Å². The molecule has 18 nitrogen and oxygen atoms in total. The lowest BCUT2D eigenvalue weighted by molar-refractivity contribution is -0.338. The average Bonchev–Trinajstić information content (AvgIpc) is 3.05. The van der Waals surface area contributed by atoms with Crippen LogP contribution in [0.2, 0.25) is 0 Å². The van der Waals surface area contributed by atoms with Gasteiger partial charge in [0.1, 0.15) is 42.7 Å². The Balaban J connectivity index is 2.14. The van der Waals surface area contributed by atoms with Crippen LogP contribution in [0, 0.1) is 0 Å². The molecular weight excluding hydrogens is 689 g/mol. The first kappa shape index (κ1) is 44.6. The minimum atomic E-state index is -5.39. The molecule has 2 rings (SSSR count). The summed E-state index contributed by atoms with van der Waals surface area (Å²) < 4.78 is 38.8. The maximum absolute atomic E-state index is 12.9. The number of aliphatic carboxylic acids is 1. The largest absolute Gasteiger partial charge is 0.477 e. The second-order valence-corrected chi connectivity index (χ2v) is 13.9. The maximum atomic E-state index is 12.9. The summed E-state index contributed by atoms with van der Waals surface area (Å²) in [5.74, 6) is -5.36. The Morgan fingerprint density at radius 1 is 1.04 bits per heavy atom. The van der Waals surface area contributed by atoms with E-state index in [9.17, 15) is 59.7 Å². The molecule has 0 aromatic rings. The van der Waals surface area contributed by atoms with Crippen LogP contribution in [0.4, 0.5) is 0 Å². The number of aliphatic hydroxyl groups excluding tert-OH is 6. The van der Waals surface area contributed by atoms with Gasteiger partial charge in [-0.25, -0.2) is 9.36 Å². The number of nitrogens with one attached hydrogen (secondary N) is 1. The van der Waals surface area contributed by atoms with Crippen LogP contribution in [-0.2, 0) is 37.6 Å². The van der Waals surface area contributed by atoms with Crippen molar-refractivity contribution in [1.29, 1.82) is 0 Å². The van der Waals surface area contributed by atoms with Crippen molar-refractivity contribution >= 4 is 19.7 Å². The zero-order valence-corrected chi connectivity index (χ0v) is 29.3. The third-order valence-electron chi connectivity index (χ3n) is 8.61. The van der Waals surface area contributed by atoms with E-state index in [-0.39, 0.29) is 13.0 Å². The van der Waals surface area contributed by atoms with Crippen molar-refractivity contribution < 1.29 is 83.2 Å². The molecule has 0 aromatic carbocycles. The summed E-state index contributed by atoms with van der Waals surface area (Å²) in [5.41, 5.74) is 0. The van der Waals surface area contributed by atoms with Crippen molar-refractivity contribution in [3.8, 4) is 0 Å². The first-order valence-electron chi connectivity index (χ1n) is 17.1. The fourth-order valence-electron chi connectivity index (χ4n) is 5.93. The number of hydrogen-bond acceptors (Lipinski definition) is 14. The molecule has 50 heavy (non-hydrogen) atoms. The predicted molar refractivity (Wildman–Crippen MR) is 173 cm³/mol. The third-order valence-corrected chi connectivity index (χ3v) is 9.13. The number of carbonyl (C=O) groups excluding carboxylic acids is 1. The van der Waals surface area contributed by atoms with E-state index < -0.39 is 106 Å². The van der Waals surface area contributed by atoms with Gasteiger partial charge in [-0.2, -0.15) is 0 Å². The average molecular weight is 746 g/mol. The van der Waals surface area contributed by atoms with Crippen molar-refractivity contribution in [2.45, 2.75) is 151 Å². The number of phosphoric acid groups is 1. The molecule has 0 radical (unpaired) electrons. The molecule has 0 saturated carbocycles. The zero-order chi connectivity index (χ0) is 37.5. The van der Waals surface area contributed by atoms with Crippen LogP contribution in [-0.4, -0.2) is 144 Å². The summed E-state index contributed by atoms with van der Waals surface area (Å²) in [6.07, 6.45) is -5.48. The number of aliphatic hydroxyl groups is 6. The SMILES string of the molecule is C=CCOC1OC(COC2(C(=O)O)CC(O)C(O)C(C(O)CO)O2)C(OP(=O)(O)O)C(O)C1NC(=O)CC(O)CCCCCCCCCCC. The van der Waals surface area contributed by atoms with E-state index in [1.54, 1.807) is 0 Å². The third kappa shape index (κ3) is 14.1. The highest BCUT2D eigenvalue weighted by atomic mass is 31.2. The van der Waals surface area contributed by atoms with E-state index in [0.717, 1.165) is 25.7 Å². The summed E-state index contributed by atoms with van der Waals surface area (Å²) in [6.45, 7) is 3.55. The monoisotopic (exact) mass is 745 g/mol. The van der Waals surface area contributed by atoms with Gasteiger partial charge in [-0.05, 0) is 6.42 Å². The number of rotatable bonds is 24. The normalized spacial score (nSPS) is 31.5. The number of carboxylic acid groups (broad SMARTS) is 1. The minimum absolute atomic E-state index is 0.199. The molecule has 1 amide bonds. The Kier molecular flexibility index (Phi) is 19.4. The van der Waals surface area contributed by atoms with Crippen LogP contribution in [0.1, 0.15) is 84.0 Å². The number of phosphoric ester groups is 1. The fourth-order valence-corrected chi connectivity index (χ4v) is 6.50. The Labute approximate surface area is 291 Å². The van der Waals surface area contributed by atoms with E-state index in [1.165, 1.54) is 31.8 Å². The highest BCUT2D eigenvalue weighted by molar-refractivity contribution is 7.46. The molecule has 2 aliphatic rings. The van der Waals surface area contributed by atoms with Crippen LogP contribution in [0.5, 0.6) is 0 Å². The quantitative estimate of drug-likeness (QED) is 0.0341. The number of amides is 1. The summed E-state index contributed by atoms with van der Waals surface area (Å²) >= 11 is 0. The molecule has 2 aliphatic heterocycles. The van der Waals surface area contributed by atoms with E-state index in [1.807, 2.05) is 0 Å². The molecule has 10 N–H and O–H groups in total. The highest BCUT2D eigenvalue weighted by Crippen LogP contribution is 2.42. The molecule has 2 saturated heterocycles. The summed E-state index contributed by atoms with van der Waals surface area (Å²) in [6, 6.07) is -1.52. The van der Waals surface area contributed by atoms with Gasteiger partial charge in [0.25, 0.3) is 5.79 Å². The van der Waals surface area contributed by atoms with Crippen molar-refractivity contribution in [3.05, 3.63) is 12.7 Å². The number of unbranched alkanes of at least 4 members (excludes halogenated alkanes) is 8. The van der Waals surface area contributed by atoms with Gasteiger partial charge in [-0.15, -0.1) is 6.58 Å². The molecule has 2 fully saturated rings. The number of carbonyl (C=O) groups is 2. The standard InChI is InChI=1S/C31H56NO17P/c1-3-5-6-7-8-9-10-11-12-13-19(34)15-23(37)32-24-26(39)28(49-50(42,43)44)22(47-29(24)45-14-4-2)18-46-31(30(40)41)16-20(35)25(38)27(48-31)21(36)17-33/h4,19-22,24-29,33-36,38-39H,2-3,5-18H2,1H3,(H,32,37)(H,40,41)(H2,42,43,44). The fraction of sp³-hybridized carbons (Fsp3) is 0.871. The van der Waals surface area contributed by atoms with E-state index in [2.05, 4.69) is 18.8 Å². The molecule has 0 bridgehead atoms. The van der Waals surface area contributed by atoms with Crippen LogP contribution in [0.25, 0.3) is 0 Å². The maximum Gasteiger partial charge on any atom is 0.470 e. The van der Waals surface area contributed by atoms with E-state index in [4.69, 9.17) is 23.5 Å². The van der Waals surface area contributed by atoms with E-state index in [0.29, 0.717) is 12.8 Å². The lowest BCUT2D eigenvalue weighted by Gasteiger charge is -2.46. The van der Waals surface area contributed by atoms with Gasteiger partial charge < -0.3 is 69.8 Å². The first-order valence-corrected chi connectivity index (χ1v) is 18.6. The summed E-state index contributed by atoms with van der Waals surface area (Å²) in [7, 11) is -5.39. The Bertz CT molecular complexity index is 1080. The zero-order valence-electron chi connectivity index (χ0n) is 28.4. The molecule has 11 unspecified atom stereocenters. The highest BCUT2D eigenvalue weighted by Gasteiger charge is 2.56. The van der Waals surface area contributed by atoms with Crippen molar-refractivity contribution in [2.24, 2.45) is 0 Å². The summed E-state index contributed by atoms with van der Waals surface area (Å²) in [5, 5.41) is 74.1. The van der Waals surface area contributed by atoms with Crippen molar-refractivity contribution in [3.63, 3.8) is 0 Å². The van der Waals surface area contributed by atoms with Gasteiger partial charge in [-0.1, -0.05) is 70.8 Å². The van der Waals surface area contributed by atoms with Crippen molar-refractivity contribution in [2.75, 3.05) is 19.8 Å².